The fourth-order valence-corrected chi connectivity index (χ4v) is 1.40. The predicted molar refractivity (Wildman–Crippen MR) is 75.0 cm³/mol. The molecule has 0 aliphatic rings. The number of likely N-dealkylation sites (N-methyl/N-ethyl adjacent to an activating group) is 1. The number of amides is 2. The quantitative estimate of drug-likeness (QED) is 0.653. The number of hydrogen-bond donors (Lipinski definition) is 1. The van der Waals surface area contributed by atoms with Crippen LogP contribution in [0.2, 0.25) is 0 Å². The molecule has 0 saturated carbocycles. The van der Waals surface area contributed by atoms with Gasteiger partial charge in [-0.2, -0.15) is 0 Å². The molecule has 0 saturated heterocycles. The van der Waals surface area contributed by atoms with Crippen molar-refractivity contribution in [2.45, 2.75) is 26.3 Å². The molecule has 0 bridgehead atoms. The van der Waals surface area contributed by atoms with Crippen LogP contribution in [0.15, 0.2) is 0 Å². The second kappa shape index (κ2) is 8.46. The molecule has 0 atom stereocenters. The van der Waals surface area contributed by atoms with Gasteiger partial charge in [0.2, 0.25) is 0 Å². The first-order valence-corrected chi connectivity index (χ1v) is 6.59. The van der Waals surface area contributed by atoms with Gasteiger partial charge in [-0.25, -0.2) is 9.59 Å². The second-order valence-corrected chi connectivity index (χ2v) is 4.93. The molecule has 0 aliphatic heterocycles. The third kappa shape index (κ3) is 5.58. The summed E-state index contributed by atoms with van der Waals surface area (Å²) in [6, 6.07) is -0.576. The van der Waals surface area contributed by atoms with Gasteiger partial charge in [-0.1, -0.05) is 0 Å². The fraction of sp³-hybridized carbons (Fsp3) is 0.769. The van der Waals surface area contributed by atoms with E-state index >= 15 is 0 Å². The lowest BCUT2D eigenvalue weighted by molar-refractivity contribution is -0.147. The average molecular weight is 304 g/mol. The Balaban J connectivity index is 5.01. The van der Waals surface area contributed by atoms with Crippen molar-refractivity contribution in [2.75, 3.05) is 40.5 Å². The molecule has 0 fully saturated rings. The molecule has 0 radical (unpaired) electrons. The van der Waals surface area contributed by atoms with E-state index in [9.17, 15) is 14.4 Å². The maximum atomic E-state index is 12.4. The molecule has 8 nitrogen and oxygen atoms in total. The molecular formula is C13H24N2O6. The highest BCUT2D eigenvalue weighted by Gasteiger charge is 2.37. The van der Waals surface area contributed by atoms with Crippen LogP contribution >= 0.6 is 0 Å². The summed E-state index contributed by atoms with van der Waals surface area (Å²) in [7, 11) is 2.85. The number of urea groups is 1. The summed E-state index contributed by atoms with van der Waals surface area (Å²) in [4.78, 5) is 37.4. The van der Waals surface area contributed by atoms with Crippen molar-refractivity contribution < 1.29 is 29.0 Å². The van der Waals surface area contributed by atoms with Crippen LogP contribution in [-0.4, -0.2) is 78.9 Å². The highest BCUT2D eigenvalue weighted by atomic mass is 16.5. The number of esters is 1. The van der Waals surface area contributed by atoms with Crippen molar-refractivity contribution in [3.05, 3.63) is 0 Å². The van der Waals surface area contributed by atoms with Gasteiger partial charge in [0.05, 0.1) is 13.2 Å². The van der Waals surface area contributed by atoms with Crippen molar-refractivity contribution >= 4 is 18.0 Å². The predicted octanol–water partition coefficient (Wildman–Crippen LogP) is 0.413. The van der Waals surface area contributed by atoms with Gasteiger partial charge in [-0.05, 0) is 20.8 Å². The topological polar surface area (TPSA) is 96.4 Å². The smallest absolute Gasteiger partial charge is 0.329 e. The van der Waals surface area contributed by atoms with E-state index in [-0.39, 0.29) is 26.3 Å². The van der Waals surface area contributed by atoms with Crippen LogP contribution < -0.4 is 0 Å². The van der Waals surface area contributed by atoms with Crippen LogP contribution in [0.4, 0.5) is 4.79 Å². The minimum absolute atomic E-state index is 0.161. The zero-order valence-electron chi connectivity index (χ0n) is 13.2. The zero-order chi connectivity index (χ0) is 16.6. The number of aliphatic carboxylic acids is 1. The lowest BCUT2D eigenvalue weighted by atomic mass is 10.0. The van der Waals surface area contributed by atoms with Gasteiger partial charge in [0.25, 0.3) is 0 Å². The monoisotopic (exact) mass is 304 g/mol. The summed E-state index contributed by atoms with van der Waals surface area (Å²) in [5, 5.41) is 9.16. The van der Waals surface area contributed by atoms with Crippen molar-refractivity contribution in [2.24, 2.45) is 0 Å². The zero-order valence-corrected chi connectivity index (χ0v) is 13.2. The third-order valence-electron chi connectivity index (χ3n) is 3.11. The van der Waals surface area contributed by atoms with Crippen LogP contribution in [0.1, 0.15) is 20.8 Å². The van der Waals surface area contributed by atoms with E-state index < -0.39 is 23.5 Å². The molecule has 122 valence electrons. The highest BCUT2D eigenvalue weighted by Crippen LogP contribution is 2.15. The molecule has 0 aromatic rings. The van der Waals surface area contributed by atoms with E-state index in [0.29, 0.717) is 0 Å². The number of carboxylic acid groups (broad SMARTS) is 1. The Labute approximate surface area is 124 Å². The normalized spacial score (nSPS) is 10.9. The van der Waals surface area contributed by atoms with Crippen LogP contribution in [0.5, 0.6) is 0 Å². The molecule has 0 heterocycles. The van der Waals surface area contributed by atoms with Gasteiger partial charge in [0.15, 0.2) is 0 Å². The molecular weight excluding hydrogens is 280 g/mol. The number of carboxylic acids is 1. The molecule has 2 amide bonds. The number of rotatable bonds is 8. The van der Waals surface area contributed by atoms with E-state index in [1.54, 1.807) is 6.92 Å². The lowest BCUT2D eigenvalue weighted by Gasteiger charge is -2.35. The van der Waals surface area contributed by atoms with Crippen molar-refractivity contribution in [1.29, 1.82) is 0 Å². The van der Waals surface area contributed by atoms with Gasteiger partial charge in [-0.15, -0.1) is 0 Å². The number of carbonyl (C=O) groups is 3. The van der Waals surface area contributed by atoms with Crippen molar-refractivity contribution in [3.63, 3.8) is 0 Å². The van der Waals surface area contributed by atoms with E-state index in [4.69, 9.17) is 14.6 Å². The Morgan fingerprint density at radius 1 is 1.24 bits per heavy atom. The molecule has 21 heavy (non-hydrogen) atoms. The summed E-state index contributed by atoms with van der Waals surface area (Å²) in [6.45, 7) is 4.83. The summed E-state index contributed by atoms with van der Waals surface area (Å²) in [5.41, 5.74) is -1.39. The molecule has 0 aliphatic carbocycles. The van der Waals surface area contributed by atoms with Crippen molar-refractivity contribution in [1.82, 2.24) is 9.80 Å². The number of carbonyl (C=O) groups excluding carboxylic acids is 2. The number of methoxy groups -OCH3 is 1. The Hall–Kier alpha value is -1.83. The van der Waals surface area contributed by atoms with Crippen LogP contribution in [-0.2, 0) is 19.1 Å². The lowest BCUT2D eigenvalue weighted by Crippen LogP contribution is -2.56. The maximum Gasteiger partial charge on any atom is 0.329 e. The first-order chi connectivity index (χ1) is 9.68. The van der Waals surface area contributed by atoms with Crippen LogP contribution in [0.25, 0.3) is 0 Å². The van der Waals surface area contributed by atoms with E-state index in [0.717, 1.165) is 4.90 Å². The van der Waals surface area contributed by atoms with Gasteiger partial charge >= 0.3 is 18.0 Å². The number of hydrogen-bond acceptors (Lipinski definition) is 5. The van der Waals surface area contributed by atoms with Crippen molar-refractivity contribution in [3.8, 4) is 0 Å². The average Bonchev–Trinajstić information content (AvgIpc) is 2.41. The third-order valence-corrected chi connectivity index (χ3v) is 3.11. The molecule has 0 aromatic carbocycles. The first-order valence-electron chi connectivity index (χ1n) is 6.59. The Morgan fingerprint density at radius 3 is 2.24 bits per heavy atom. The van der Waals surface area contributed by atoms with Gasteiger partial charge in [-0.3, -0.25) is 4.79 Å². The minimum Gasteiger partial charge on any atom is -0.480 e. The van der Waals surface area contributed by atoms with E-state index in [2.05, 4.69) is 0 Å². The van der Waals surface area contributed by atoms with Gasteiger partial charge in [0.1, 0.15) is 12.1 Å². The molecule has 0 aromatic heterocycles. The van der Waals surface area contributed by atoms with Crippen LogP contribution in [0, 0.1) is 0 Å². The summed E-state index contributed by atoms with van der Waals surface area (Å²) >= 11 is 0. The Kier molecular flexibility index (Phi) is 7.72. The molecule has 1 N–H and O–H groups in total. The number of ether oxygens (including phenoxy) is 2. The maximum absolute atomic E-state index is 12.4. The largest absolute Gasteiger partial charge is 0.480 e. The highest BCUT2D eigenvalue weighted by molar-refractivity contribution is 5.87. The van der Waals surface area contributed by atoms with E-state index in [1.807, 2.05) is 0 Å². The summed E-state index contributed by atoms with van der Waals surface area (Å²) < 4.78 is 9.70. The Bertz CT molecular complexity index is 383. The number of nitrogens with zero attached hydrogens (tertiary/aromatic N) is 2. The minimum atomic E-state index is -1.39. The van der Waals surface area contributed by atoms with Gasteiger partial charge < -0.3 is 24.4 Å². The second-order valence-electron chi connectivity index (χ2n) is 4.93. The van der Waals surface area contributed by atoms with E-state index in [1.165, 1.54) is 32.9 Å². The molecule has 8 heteroatoms. The SMILES string of the molecule is CCOC(=O)CN(CCOC)C(=O)N(C)C(C)(C)C(=O)O. The van der Waals surface area contributed by atoms with Crippen LogP contribution in [0.3, 0.4) is 0 Å². The first kappa shape index (κ1) is 19.2. The molecule has 0 unspecified atom stereocenters. The summed E-state index contributed by atoms with van der Waals surface area (Å²) in [6.07, 6.45) is 0. The summed E-state index contributed by atoms with van der Waals surface area (Å²) in [5.74, 6) is -1.69. The molecule has 0 spiro atoms. The standard InChI is InChI=1S/C13H24N2O6/c1-6-21-10(16)9-15(7-8-20-5)12(19)14(4)13(2,3)11(17)18/h6-9H2,1-5H3,(H,17,18). The fourth-order valence-electron chi connectivity index (χ4n) is 1.40. The van der Waals surface area contributed by atoms with Gasteiger partial charge in [0, 0.05) is 20.7 Å². The Morgan fingerprint density at radius 2 is 1.81 bits per heavy atom. The molecule has 0 rings (SSSR count).